The van der Waals surface area contributed by atoms with Gasteiger partial charge >= 0.3 is 5.97 Å². The van der Waals surface area contributed by atoms with E-state index >= 15 is 0 Å². The third-order valence-electron chi connectivity index (χ3n) is 7.76. The van der Waals surface area contributed by atoms with E-state index in [9.17, 15) is 19.5 Å². The first-order valence-electron chi connectivity index (χ1n) is 12.8. The second kappa shape index (κ2) is 10.7. The molecule has 3 rings (SSSR count). The molecule has 196 valence electrons. The van der Waals surface area contributed by atoms with Crippen LogP contribution in [0.5, 0.6) is 0 Å². The number of allylic oxidation sites excluding steroid dienone is 1. The second-order valence-electron chi connectivity index (χ2n) is 11.2. The first kappa shape index (κ1) is 27.8. The average Bonchev–Trinajstić information content (AvgIpc) is 3.35. The van der Waals surface area contributed by atoms with E-state index in [0.29, 0.717) is 26.0 Å². The lowest BCUT2D eigenvalue weighted by Gasteiger charge is -2.42. The Bertz CT molecular complexity index is 855. The van der Waals surface area contributed by atoms with E-state index in [0.717, 1.165) is 25.7 Å². The molecule has 0 aromatic heterocycles. The van der Waals surface area contributed by atoms with Crippen LogP contribution in [-0.2, 0) is 19.1 Å². The highest BCUT2D eigenvalue weighted by Gasteiger charge is 2.77. The average molecular weight is 507 g/mol. The van der Waals surface area contributed by atoms with Crippen LogP contribution in [0.2, 0.25) is 0 Å². The quantitative estimate of drug-likeness (QED) is 0.247. The van der Waals surface area contributed by atoms with Crippen molar-refractivity contribution in [1.82, 2.24) is 9.80 Å². The second-order valence-corrected chi connectivity index (χ2v) is 13.1. The molecule has 35 heavy (non-hydrogen) atoms. The van der Waals surface area contributed by atoms with E-state index in [1.165, 1.54) is 0 Å². The summed E-state index contributed by atoms with van der Waals surface area (Å²) in [6.07, 6.45) is 7.92. The lowest BCUT2D eigenvalue weighted by atomic mass is 9.66. The van der Waals surface area contributed by atoms with Crippen molar-refractivity contribution in [3.05, 3.63) is 25.3 Å². The maximum absolute atomic E-state index is 14.2. The van der Waals surface area contributed by atoms with Gasteiger partial charge in [-0.05, 0) is 66.2 Å². The highest BCUT2D eigenvalue weighted by atomic mass is 32.2. The number of thioether (sulfide) groups is 1. The molecular weight excluding hydrogens is 464 g/mol. The van der Waals surface area contributed by atoms with Crippen molar-refractivity contribution in [2.75, 3.05) is 26.3 Å². The summed E-state index contributed by atoms with van der Waals surface area (Å²) in [5.74, 6) is -1.77. The highest BCUT2D eigenvalue weighted by Crippen LogP contribution is 2.71. The zero-order chi connectivity index (χ0) is 26.0. The van der Waals surface area contributed by atoms with Gasteiger partial charge in [-0.25, -0.2) is 0 Å². The maximum atomic E-state index is 14.2. The Labute approximate surface area is 214 Å². The van der Waals surface area contributed by atoms with Crippen LogP contribution >= 0.6 is 11.8 Å². The molecule has 1 spiro atoms. The van der Waals surface area contributed by atoms with Gasteiger partial charge in [0.1, 0.15) is 6.04 Å². The number of carbonyl (C=O) groups excluding carboxylic acids is 3. The number of hydrogen-bond donors (Lipinski definition) is 1. The Morgan fingerprint density at radius 2 is 1.94 bits per heavy atom. The molecule has 7 nitrogen and oxygen atoms in total. The smallest absolute Gasteiger partial charge is 0.311 e. The number of aliphatic hydroxyl groups is 1. The standard InChI is InChI=1S/C27H42N2O5S/c1-7-9-10-11-18-34-24(33)20-19-22(31)28(16-12-17-30)21(27(19)14-13-26(20,6)35-27)23(32)29(15-8-2)25(3,4)5/h7-8,19-21,30H,1-2,9-18H2,3-6H3/t19-,20+,21?,26-,27?/m0/s1. The number of aliphatic hydroxyl groups excluding tert-OH is 1. The summed E-state index contributed by atoms with van der Waals surface area (Å²) in [5.41, 5.74) is -0.458. The number of hydrogen-bond acceptors (Lipinski definition) is 6. The molecule has 3 heterocycles. The predicted octanol–water partition coefficient (Wildman–Crippen LogP) is 3.56. The molecule has 8 heteroatoms. The molecule has 2 unspecified atom stereocenters. The Kier molecular flexibility index (Phi) is 8.47. The molecule has 0 aromatic carbocycles. The minimum atomic E-state index is -0.678. The summed E-state index contributed by atoms with van der Waals surface area (Å²) < 4.78 is 4.58. The Hall–Kier alpha value is -1.80. The lowest BCUT2D eigenvalue weighted by Crippen LogP contribution is -2.58. The van der Waals surface area contributed by atoms with Crippen LogP contribution in [-0.4, -0.2) is 80.1 Å². The molecule has 0 radical (unpaired) electrons. The zero-order valence-corrected chi connectivity index (χ0v) is 22.6. The first-order chi connectivity index (χ1) is 16.5. The minimum absolute atomic E-state index is 0.0704. The Morgan fingerprint density at radius 3 is 2.54 bits per heavy atom. The molecule has 3 fully saturated rings. The third-order valence-corrected chi connectivity index (χ3v) is 9.74. The van der Waals surface area contributed by atoms with Gasteiger partial charge < -0.3 is 19.6 Å². The van der Waals surface area contributed by atoms with Gasteiger partial charge in [-0.3, -0.25) is 14.4 Å². The number of carbonyl (C=O) groups is 3. The summed E-state index contributed by atoms with van der Waals surface area (Å²) in [7, 11) is 0. The summed E-state index contributed by atoms with van der Waals surface area (Å²) in [6, 6.07) is -0.678. The van der Waals surface area contributed by atoms with Gasteiger partial charge in [-0.2, -0.15) is 0 Å². The van der Waals surface area contributed by atoms with Gasteiger partial charge in [-0.15, -0.1) is 24.9 Å². The fourth-order valence-electron chi connectivity index (χ4n) is 6.17. The monoisotopic (exact) mass is 506 g/mol. The highest BCUT2D eigenvalue weighted by molar-refractivity contribution is 8.02. The molecule has 2 amide bonds. The van der Waals surface area contributed by atoms with E-state index < -0.39 is 32.9 Å². The van der Waals surface area contributed by atoms with Crippen molar-refractivity contribution >= 4 is 29.5 Å². The number of unbranched alkanes of at least 4 members (excludes halogenated alkanes) is 2. The molecule has 0 saturated carbocycles. The summed E-state index contributed by atoms with van der Waals surface area (Å²) >= 11 is 1.65. The zero-order valence-electron chi connectivity index (χ0n) is 21.8. The van der Waals surface area contributed by atoms with Crippen molar-refractivity contribution in [1.29, 1.82) is 0 Å². The van der Waals surface area contributed by atoms with Gasteiger partial charge in [0.2, 0.25) is 11.8 Å². The number of likely N-dealkylation sites (tertiary alicyclic amines) is 1. The van der Waals surface area contributed by atoms with Crippen molar-refractivity contribution in [3.63, 3.8) is 0 Å². The molecule has 5 atom stereocenters. The number of fused-ring (bicyclic) bond motifs is 1. The van der Waals surface area contributed by atoms with Crippen molar-refractivity contribution in [3.8, 4) is 0 Å². The Morgan fingerprint density at radius 1 is 1.23 bits per heavy atom. The minimum Gasteiger partial charge on any atom is -0.465 e. The molecule has 1 N–H and O–H groups in total. The molecule has 2 bridgehead atoms. The van der Waals surface area contributed by atoms with Gasteiger partial charge in [0, 0.05) is 30.0 Å². The van der Waals surface area contributed by atoms with Gasteiger partial charge in [0.05, 0.1) is 23.2 Å². The largest absolute Gasteiger partial charge is 0.465 e. The van der Waals surface area contributed by atoms with E-state index in [1.54, 1.807) is 27.6 Å². The van der Waals surface area contributed by atoms with E-state index in [4.69, 9.17) is 4.74 Å². The van der Waals surface area contributed by atoms with Gasteiger partial charge in [0.15, 0.2) is 0 Å². The first-order valence-corrected chi connectivity index (χ1v) is 13.6. The van der Waals surface area contributed by atoms with Crippen LogP contribution in [0.3, 0.4) is 0 Å². The summed E-state index contributed by atoms with van der Waals surface area (Å²) in [6.45, 7) is 16.5. The number of rotatable bonds is 12. The van der Waals surface area contributed by atoms with Crippen LogP contribution in [0, 0.1) is 11.8 Å². The van der Waals surface area contributed by atoms with Crippen molar-refractivity contribution in [2.24, 2.45) is 11.8 Å². The van der Waals surface area contributed by atoms with Gasteiger partial charge in [0.25, 0.3) is 0 Å². The number of amides is 2. The predicted molar refractivity (Wildman–Crippen MR) is 139 cm³/mol. The van der Waals surface area contributed by atoms with Crippen LogP contribution < -0.4 is 0 Å². The van der Waals surface area contributed by atoms with Crippen LogP contribution in [0.25, 0.3) is 0 Å². The molecule has 3 aliphatic heterocycles. The topological polar surface area (TPSA) is 87.1 Å². The van der Waals surface area contributed by atoms with Crippen LogP contribution in [0.15, 0.2) is 25.3 Å². The molecule has 3 aliphatic rings. The fraction of sp³-hybridized carbons (Fsp3) is 0.741. The van der Waals surface area contributed by atoms with Crippen LogP contribution in [0.1, 0.15) is 66.2 Å². The lowest BCUT2D eigenvalue weighted by molar-refractivity contribution is -0.155. The number of ether oxygens (including phenoxy) is 1. The fourth-order valence-corrected chi connectivity index (χ4v) is 8.51. The SMILES string of the molecule is C=CCCCCOC(=O)[C@H]1[C@H]2C(=O)N(CCCO)C(C(=O)N(CC=C)C(C)(C)C)C23CC[C@]1(C)S3. The normalized spacial score (nSPS) is 31.4. The Balaban J connectivity index is 1.96. The molecule has 0 aliphatic carbocycles. The maximum Gasteiger partial charge on any atom is 0.311 e. The van der Waals surface area contributed by atoms with Gasteiger partial charge in [-0.1, -0.05) is 12.2 Å². The van der Waals surface area contributed by atoms with Crippen molar-refractivity contribution in [2.45, 2.75) is 87.3 Å². The van der Waals surface area contributed by atoms with E-state index in [2.05, 4.69) is 13.2 Å². The molecular formula is C27H42N2O5S. The number of nitrogens with zero attached hydrogens (tertiary/aromatic N) is 2. The van der Waals surface area contributed by atoms with Crippen molar-refractivity contribution < 1.29 is 24.2 Å². The summed E-state index contributed by atoms with van der Waals surface area (Å²) in [5, 5.41) is 9.50. The molecule has 0 aromatic rings. The molecule has 3 saturated heterocycles. The summed E-state index contributed by atoms with van der Waals surface area (Å²) in [4.78, 5) is 44.9. The third kappa shape index (κ3) is 4.93. The number of esters is 1. The van der Waals surface area contributed by atoms with Crippen LogP contribution in [0.4, 0.5) is 0 Å². The van der Waals surface area contributed by atoms with E-state index in [-0.39, 0.29) is 30.9 Å². The van der Waals surface area contributed by atoms with E-state index in [1.807, 2.05) is 33.8 Å².